The predicted molar refractivity (Wildman–Crippen MR) is 199 cm³/mol. The fourth-order valence-electron chi connectivity index (χ4n) is 8.12. The Morgan fingerprint density at radius 1 is 0.196 bits per heavy atom. The summed E-state index contributed by atoms with van der Waals surface area (Å²) in [5.74, 6) is 0. The third-order valence-corrected chi connectivity index (χ3v) is 10.0. The molecule has 0 N–H and O–H groups in total. The summed E-state index contributed by atoms with van der Waals surface area (Å²) in [6.07, 6.45) is 0. The Morgan fingerprint density at radius 2 is 0.652 bits per heavy atom. The van der Waals surface area contributed by atoms with E-state index in [-0.39, 0.29) is 0 Å². The summed E-state index contributed by atoms with van der Waals surface area (Å²) < 4.78 is 0. The van der Waals surface area contributed by atoms with Crippen LogP contribution in [0.1, 0.15) is 0 Å². The summed E-state index contributed by atoms with van der Waals surface area (Å²) in [5, 5.41) is 15.7. The molecule has 0 heteroatoms. The molecule has 0 aliphatic carbocycles. The van der Waals surface area contributed by atoms with Crippen LogP contribution < -0.4 is 0 Å². The van der Waals surface area contributed by atoms with Crippen molar-refractivity contribution < 1.29 is 0 Å². The molecular weight excluding hydrogens is 553 g/mol. The number of hydrogen-bond donors (Lipinski definition) is 0. The standard InChI is InChI=1S/C46H28/c1-3-13-29(14-4-1)31-25-26-35(33-18-8-7-17-32(31)33)36-27-28-42-44-38(36)21-11-23-40(44)41-24-12-22-39-34-19-9-10-20-37(34)43(46(42)45(39)41)30-15-5-2-6-16-30/h1-28H. The molecule has 0 aromatic heterocycles. The Hall–Kier alpha value is -5.98. The van der Waals surface area contributed by atoms with Gasteiger partial charge in [-0.25, -0.2) is 0 Å². The summed E-state index contributed by atoms with van der Waals surface area (Å²) in [5.41, 5.74) is 7.62. The Labute approximate surface area is 267 Å². The molecule has 0 saturated carbocycles. The van der Waals surface area contributed by atoms with Crippen LogP contribution in [-0.4, -0.2) is 0 Å². The molecule has 0 saturated heterocycles. The van der Waals surface area contributed by atoms with E-state index in [9.17, 15) is 0 Å². The van der Waals surface area contributed by atoms with E-state index in [4.69, 9.17) is 0 Å². The van der Waals surface area contributed by atoms with Crippen molar-refractivity contribution >= 4 is 64.6 Å². The molecule has 0 radical (unpaired) electrons. The van der Waals surface area contributed by atoms with E-state index in [1.54, 1.807) is 0 Å². The van der Waals surface area contributed by atoms with Gasteiger partial charge >= 0.3 is 0 Å². The SMILES string of the molecule is c1ccc(-c2ccc(-c3ccc4c5c(-c6ccccc6)c6ccccc6c6cccc(c7cccc3c74)c65)c3ccccc23)cc1. The van der Waals surface area contributed by atoms with E-state index in [2.05, 4.69) is 170 Å². The number of benzene rings is 10. The van der Waals surface area contributed by atoms with Gasteiger partial charge in [0.1, 0.15) is 0 Å². The zero-order chi connectivity index (χ0) is 30.2. The average molecular weight is 581 g/mol. The fourth-order valence-corrected chi connectivity index (χ4v) is 8.12. The molecule has 10 aromatic carbocycles. The van der Waals surface area contributed by atoms with Crippen molar-refractivity contribution in [2.45, 2.75) is 0 Å². The lowest BCUT2D eigenvalue weighted by molar-refractivity contribution is 1.64. The lowest BCUT2D eigenvalue weighted by Gasteiger charge is -2.21. The summed E-state index contributed by atoms with van der Waals surface area (Å²) in [7, 11) is 0. The summed E-state index contributed by atoms with van der Waals surface area (Å²) in [6, 6.07) is 62.6. The largest absolute Gasteiger partial charge is 0.0622 e. The van der Waals surface area contributed by atoms with Gasteiger partial charge in [0.2, 0.25) is 0 Å². The molecule has 0 spiro atoms. The quantitative estimate of drug-likeness (QED) is 0.144. The van der Waals surface area contributed by atoms with Crippen molar-refractivity contribution in [3.05, 3.63) is 170 Å². The molecule has 0 bridgehead atoms. The topological polar surface area (TPSA) is 0 Å². The van der Waals surface area contributed by atoms with Crippen LogP contribution in [0.15, 0.2) is 170 Å². The van der Waals surface area contributed by atoms with Crippen LogP contribution in [0, 0.1) is 0 Å². The molecule has 0 aliphatic rings. The Kier molecular flexibility index (Phi) is 5.38. The van der Waals surface area contributed by atoms with Crippen LogP contribution in [0.4, 0.5) is 0 Å². The van der Waals surface area contributed by atoms with E-state index in [0.29, 0.717) is 0 Å². The van der Waals surface area contributed by atoms with Crippen molar-refractivity contribution in [2.75, 3.05) is 0 Å². The molecule has 0 unspecified atom stereocenters. The van der Waals surface area contributed by atoms with Crippen LogP contribution in [0.5, 0.6) is 0 Å². The first-order valence-electron chi connectivity index (χ1n) is 16.0. The highest BCUT2D eigenvalue weighted by Crippen LogP contribution is 2.50. The average Bonchev–Trinajstić information content (AvgIpc) is 3.13. The maximum Gasteiger partial charge on any atom is -0.000763 e. The van der Waals surface area contributed by atoms with Crippen molar-refractivity contribution in [2.24, 2.45) is 0 Å². The lowest BCUT2D eigenvalue weighted by atomic mass is 9.81. The number of hydrogen-bond acceptors (Lipinski definition) is 0. The van der Waals surface area contributed by atoms with Crippen LogP contribution in [0.3, 0.4) is 0 Å². The van der Waals surface area contributed by atoms with E-state index in [1.807, 2.05) is 0 Å². The smallest absolute Gasteiger partial charge is 0.000763 e. The zero-order valence-corrected chi connectivity index (χ0v) is 25.2. The lowest BCUT2D eigenvalue weighted by Crippen LogP contribution is -1.93. The van der Waals surface area contributed by atoms with Gasteiger partial charge in [-0.15, -0.1) is 0 Å². The molecule has 0 heterocycles. The van der Waals surface area contributed by atoms with Gasteiger partial charge in [0, 0.05) is 0 Å². The second-order valence-electron chi connectivity index (χ2n) is 12.4. The molecule has 46 heavy (non-hydrogen) atoms. The van der Waals surface area contributed by atoms with Crippen LogP contribution >= 0.6 is 0 Å². The van der Waals surface area contributed by atoms with Gasteiger partial charge in [0.15, 0.2) is 0 Å². The number of rotatable bonds is 3. The van der Waals surface area contributed by atoms with Crippen LogP contribution in [0.25, 0.3) is 98.0 Å². The third-order valence-electron chi connectivity index (χ3n) is 10.0. The minimum absolute atomic E-state index is 1.24. The monoisotopic (exact) mass is 580 g/mol. The molecule has 0 fully saturated rings. The molecule has 0 atom stereocenters. The van der Waals surface area contributed by atoms with Crippen molar-refractivity contribution in [1.29, 1.82) is 0 Å². The van der Waals surface area contributed by atoms with Gasteiger partial charge in [-0.1, -0.05) is 170 Å². The molecule has 10 rings (SSSR count). The molecule has 0 nitrogen and oxygen atoms in total. The van der Waals surface area contributed by atoms with Gasteiger partial charge in [-0.05, 0) is 98.0 Å². The van der Waals surface area contributed by atoms with E-state index >= 15 is 0 Å². The van der Waals surface area contributed by atoms with Gasteiger partial charge < -0.3 is 0 Å². The molecule has 212 valence electrons. The Morgan fingerprint density at radius 3 is 1.37 bits per heavy atom. The molecule has 0 amide bonds. The van der Waals surface area contributed by atoms with Crippen molar-refractivity contribution in [1.82, 2.24) is 0 Å². The first kappa shape index (κ1) is 25.4. The first-order chi connectivity index (χ1) is 22.9. The van der Waals surface area contributed by atoms with Crippen LogP contribution in [0.2, 0.25) is 0 Å². The van der Waals surface area contributed by atoms with E-state index < -0.39 is 0 Å². The molecule has 0 aliphatic heterocycles. The predicted octanol–water partition coefficient (Wildman–Crippen LogP) is 13.0. The summed E-state index contributed by atoms with van der Waals surface area (Å²) >= 11 is 0. The first-order valence-corrected chi connectivity index (χ1v) is 16.0. The second-order valence-corrected chi connectivity index (χ2v) is 12.4. The second kappa shape index (κ2) is 9.76. The van der Waals surface area contributed by atoms with E-state index in [1.165, 1.54) is 98.0 Å². The highest BCUT2D eigenvalue weighted by atomic mass is 14.2. The number of fused-ring (bicyclic) bond motifs is 5. The van der Waals surface area contributed by atoms with Gasteiger partial charge in [-0.2, -0.15) is 0 Å². The Bertz CT molecular complexity index is 2770. The summed E-state index contributed by atoms with van der Waals surface area (Å²) in [6.45, 7) is 0. The van der Waals surface area contributed by atoms with Crippen molar-refractivity contribution in [3.63, 3.8) is 0 Å². The van der Waals surface area contributed by atoms with Gasteiger partial charge in [0.05, 0.1) is 0 Å². The van der Waals surface area contributed by atoms with Gasteiger partial charge in [-0.3, -0.25) is 0 Å². The normalized spacial score (nSPS) is 11.9. The molecular formula is C46H28. The fraction of sp³-hybridized carbons (Fsp3) is 0. The highest BCUT2D eigenvalue weighted by molar-refractivity contribution is 6.40. The maximum absolute atomic E-state index is 2.40. The maximum atomic E-state index is 2.40. The zero-order valence-electron chi connectivity index (χ0n) is 25.2. The minimum atomic E-state index is 1.24. The van der Waals surface area contributed by atoms with E-state index in [0.717, 1.165) is 0 Å². The van der Waals surface area contributed by atoms with Crippen LogP contribution in [-0.2, 0) is 0 Å². The third kappa shape index (κ3) is 3.50. The Balaban J connectivity index is 1.37. The summed E-state index contributed by atoms with van der Waals surface area (Å²) in [4.78, 5) is 0. The van der Waals surface area contributed by atoms with Crippen molar-refractivity contribution in [3.8, 4) is 33.4 Å². The minimum Gasteiger partial charge on any atom is -0.0622 e. The molecule has 10 aromatic rings. The van der Waals surface area contributed by atoms with Gasteiger partial charge in [0.25, 0.3) is 0 Å². The highest BCUT2D eigenvalue weighted by Gasteiger charge is 2.21.